The summed E-state index contributed by atoms with van der Waals surface area (Å²) in [5, 5.41) is 0. The van der Waals surface area contributed by atoms with Gasteiger partial charge >= 0.3 is 5.97 Å². The molecule has 0 aliphatic heterocycles. The molecule has 0 aliphatic rings. The number of carbonyl (C=O) groups is 1. The van der Waals surface area contributed by atoms with Crippen molar-refractivity contribution in [3.63, 3.8) is 0 Å². The van der Waals surface area contributed by atoms with Crippen LogP contribution in [0.3, 0.4) is 0 Å². The zero-order valence-corrected chi connectivity index (χ0v) is 12.5. The number of hydrogen-bond donors (Lipinski definition) is 0. The molecule has 0 saturated carbocycles. The molecule has 0 unspecified atom stereocenters. The Morgan fingerprint density at radius 2 is 1.83 bits per heavy atom. The van der Waals surface area contributed by atoms with Gasteiger partial charge in [0.05, 0.1) is 11.3 Å². The summed E-state index contributed by atoms with van der Waals surface area (Å²) < 4.78 is 19.0. The summed E-state index contributed by atoms with van der Waals surface area (Å²) in [6.07, 6.45) is 1.65. The lowest BCUT2D eigenvalue weighted by atomic mass is 10.1. The van der Waals surface area contributed by atoms with Crippen molar-refractivity contribution in [2.75, 3.05) is 0 Å². The van der Waals surface area contributed by atoms with E-state index in [1.54, 1.807) is 36.5 Å². The van der Waals surface area contributed by atoms with Crippen LogP contribution in [-0.4, -0.2) is 11.0 Å². The number of aryl methyl sites for hydroxylation is 1. The van der Waals surface area contributed by atoms with Crippen molar-refractivity contribution in [3.8, 4) is 17.0 Å². The molecule has 1 heterocycles. The second kappa shape index (κ2) is 6.40. The van der Waals surface area contributed by atoms with E-state index in [2.05, 4.69) is 4.98 Å². The largest absolute Gasteiger partial charge is 0.422 e. The summed E-state index contributed by atoms with van der Waals surface area (Å²) in [5.74, 6) is -0.857. The molecule has 0 aliphatic carbocycles. The van der Waals surface area contributed by atoms with Crippen LogP contribution in [0.4, 0.5) is 4.39 Å². The summed E-state index contributed by atoms with van der Waals surface area (Å²) >= 11 is 0. The maximum Gasteiger partial charge on any atom is 0.343 e. The molecule has 0 radical (unpaired) electrons. The van der Waals surface area contributed by atoms with E-state index < -0.39 is 11.8 Å². The van der Waals surface area contributed by atoms with Crippen molar-refractivity contribution in [2.24, 2.45) is 0 Å². The zero-order chi connectivity index (χ0) is 16.2. The molecule has 2 aromatic carbocycles. The van der Waals surface area contributed by atoms with Gasteiger partial charge in [0.25, 0.3) is 0 Å². The maximum absolute atomic E-state index is 13.6. The summed E-state index contributed by atoms with van der Waals surface area (Å²) in [7, 11) is 0. The fourth-order valence-electron chi connectivity index (χ4n) is 2.28. The average molecular weight is 307 g/mol. The minimum Gasteiger partial charge on any atom is -0.422 e. The monoisotopic (exact) mass is 307 g/mol. The van der Waals surface area contributed by atoms with E-state index in [-0.39, 0.29) is 5.75 Å². The maximum atomic E-state index is 13.6. The molecule has 114 valence electrons. The van der Waals surface area contributed by atoms with E-state index in [1.807, 2.05) is 25.1 Å². The Labute approximate surface area is 133 Å². The van der Waals surface area contributed by atoms with Crippen LogP contribution in [0.25, 0.3) is 11.3 Å². The molecule has 0 fully saturated rings. The summed E-state index contributed by atoms with van der Waals surface area (Å²) in [6.45, 7) is 1.90. The van der Waals surface area contributed by atoms with Crippen LogP contribution in [-0.2, 0) is 0 Å². The summed E-state index contributed by atoms with van der Waals surface area (Å²) in [5.41, 5.74) is 2.55. The Morgan fingerprint density at radius 1 is 1.04 bits per heavy atom. The molecule has 3 rings (SSSR count). The molecule has 3 nitrogen and oxygen atoms in total. The summed E-state index contributed by atoms with van der Waals surface area (Å²) in [6, 6.07) is 16.4. The van der Waals surface area contributed by atoms with Gasteiger partial charge in [-0.2, -0.15) is 0 Å². The average Bonchev–Trinajstić information content (AvgIpc) is 2.57. The molecule has 0 saturated heterocycles. The van der Waals surface area contributed by atoms with Crippen LogP contribution in [0.1, 0.15) is 15.9 Å². The van der Waals surface area contributed by atoms with Crippen molar-refractivity contribution < 1.29 is 13.9 Å². The predicted molar refractivity (Wildman–Crippen MR) is 85.8 cm³/mol. The van der Waals surface area contributed by atoms with Gasteiger partial charge in [-0.15, -0.1) is 0 Å². The first-order chi connectivity index (χ1) is 11.1. The van der Waals surface area contributed by atoms with E-state index in [4.69, 9.17) is 4.74 Å². The second-order valence-electron chi connectivity index (χ2n) is 5.06. The highest BCUT2D eigenvalue weighted by Crippen LogP contribution is 2.31. The fourth-order valence-corrected chi connectivity index (χ4v) is 2.28. The van der Waals surface area contributed by atoms with E-state index >= 15 is 0 Å². The molecule has 0 N–H and O–H groups in total. The molecular formula is C19H14FNO2. The molecule has 0 bridgehead atoms. The topological polar surface area (TPSA) is 39.2 Å². The van der Waals surface area contributed by atoms with Gasteiger partial charge in [-0.3, -0.25) is 4.98 Å². The normalized spacial score (nSPS) is 10.3. The molecule has 3 aromatic rings. The first-order valence-electron chi connectivity index (χ1n) is 7.14. The van der Waals surface area contributed by atoms with Crippen molar-refractivity contribution in [1.82, 2.24) is 4.98 Å². The molecule has 1 aromatic heterocycles. The third-order valence-electron chi connectivity index (χ3n) is 3.42. The molecule has 0 atom stereocenters. The number of aromatic nitrogens is 1. The van der Waals surface area contributed by atoms with Gasteiger partial charge in [0.1, 0.15) is 11.6 Å². The Bertz CT molecular complexity index is 847. The predicted octanol–water partition coefficient (Wildman–Crippen LogP) is 4.42. The van der Waals surface area contributed by atoms with Gasteiger partial charge in [-0.1, -0.05) is 24.3 Å². The summed E-state index contributed by atoms with van der Waals surface area (Å²) in [4.78, 5) is 16.5. The van der Waals surface area contributed by atoms with E-state index in [0.717, 1.165) is 5.56 Å². The van der Waals surface area contributed by atoms with Crippen LogP contribution in [0.15, 0.2) is 66.9 Å². The molecule has 0 amide bonds. The van der Waals surface area contributed by atoms with E-state index in [0.29, 0.717) is 16.8 Å². The Balaban J connectivity index is 2.01. The van der Waals surface area contributed by atoms with Crippen molar-refractivity contribution in [2.45, 2.75) is 6.92 Å². The Morgan fingerprint density at radius 3 is 2.57 bits per heavy atom. The van der Waals surface area contributed by atoms with Gasteiger partial charge in [0, 0.05) is 17.8 Å². The quantitative estimate of drug-likeness (QED) is 0.531. The Kier molecular flexibility index (Phi) is 4.15. The van der Waals surface area contributed by atoms with Crippen LogP contribution >= 0.6 is 0 Å². The highest BCUT2D eigenvalue weighted by atomic mass is 19.1. The zero-order valence-electron chi connectivity index (χ0n) is 12.5. The minimum atomic E-state index is -0.536. The van der Waals surface area contributed by atoms with Crippen molar-refractivity contribution in [1.29, 1.82) is 0 Å². The van der Waals surface area contributed by atoms with Gasteiger partial charge in [0.15, 0.2) is 0 Å². The van der Waals surface area contributed by atoms with Crippen LogP contribution in [0.2, 0.25) is 0 Å². The first kappa shape index (κ1) is 14.9. The van der Waals surface area contributed by atoms with E-state index in [9.17, 15) is 9.18 Å². The number of halogens is 1. The third-order valence-corrected chi connectivity index (χ3v) is 3.42. The van der Waals surface area contributed by atoms with Crippen LogP contribution < -0.4 is 4.74 Å². The number of nitrogens with zero attached hydrogens (tertiary/aromatic N) is 1. The highest BCUT2D eigenvalue weighted by Gasteiger charge is 2.15. The molecular weight excluding hydrogens is 293 g/mol. The fraction of sp³-hybridized carbons (Fsp3) is 0.0526. The number of carbonyl (C=O) groups excluding carboxylic acids is 1. The van der Waals surface area contributed by atoms with Crippen LogP contribution in [0.5, 0.6) is 5.75 Å². The lowest BCUT2D eigenvalue weighted by Gasteiger charge is -2.11. The van der Waals surface area contributed by atoms with Crippen LogP contribution in [0, 0.1) is 12.7 Å². The smallest absolute Gasteiger partial charge is 0.343 e. The number of benzene rings is 2. The lowest BCUT2D eigenvalue weighted by molar-refractivity contribution is 0.0735. The standard InChI is InChI=1S/C19H14FNO2/c1-13-6-5-11-21-18(13)16-10-9-15(20)12-17(16)23-19(22)14-7-3-2-4-8-14/h2-12H,1H3. The first-order valence-corrected chi connectivity index (χ1v) is 7.14. The number of esters is 1. The second-order valence-corrected chi connectivity index (χ2v) is 5.06. The number of pyridine rings is 1. The number of ether oxygens (including phenoxy) is 1. The minimum absolute atomic E-state index is 0.153. The molecule has 4 heteroatoms. The third kappa shape index (κ3) is 3.26. The molecule has 23 heavy (non-hydrogen) atoms. The van der Waals surface area contributed by atoms with Crippen molar-refractivity contribution >= 4 is 5.97 Å². The molecule has 0 spiro atoms. The van der Waals surface area contributed by atoms with Crippen molar-refractivity contribution in [3.05, 3.63) is 83.8 Å². The lowest BCUT2D eigenvalue weighted by Crippen LogP contribution is -2.09. The van der Waals surface area contributed by atoms with Gasteiger partial charge in [0.2, 0.25) is 0 Å². The number of rotatable bonds is 3. The van der Waals surface area contributed by atoms with Gasteiger partial charge < -0.3 is 4.74 Å². The van der Waals surface area contributed by atoms with Gasteiger partial charge in [-0.05, 0) is 42.8 Å². The van der Waals surface area contributed by atoms with E-state index in [1.165, 1.54) is 12.1 Å². The number of hydrogen-bond acceptors (Lipinski definition) is 3. The SMILES string of the molecule is Cc1cccnc1-c1ccc(F)cc1OC(=O)c1ccccc1. The van der Waals surface area contributed by atoms with Gasteiger partial charge in [-0.25, -0.2) is 9.18 Å². The Hall–Kier alpha value is -3.01. The highest BCUT2D eigenvalue weighted by molar-refractivity contribution is 5.92.